The Morgan fingerprint density at radius 2 is 2.00 bits per heavy atom. The highest BCUT2D eigenvalue weighted by Crippen LogP contribution is 2.25. The van der Waals surface area contributed by atoms with Gasteiger partial charge in [-0.15, -0.1) is 0 Å². The van der Waals surface area contributed by atoms with E-state index >= 15 is 0 Å². The summed E-state index contributed by atoms with van der Waals surface area (Å²) >= 11 is 5.99. The number of piperazine rings is 1. The van der Waals surface area contributed by atoms with Gasteiger partial charge in [0, 0.05) is 48.5 Å². The molecule has 0 radical (unpaired) electrons. The molecule has 3 aromatic rings. The zero-order chi connectivity index (χ0) is 21.8. The topological polar surface area (TPSA) is 132 Å². The highest BCUT2D eigenvalue weighted by Gasteiger charge is 2.33. The largest absolute Gasteiger partial charge is 0.436 e. The summed E-state index contributed by atoms with van der Waals surface area (Å²) in [7, 11) is -3.74. The van der Waals surface area contributed by atoms with E-state index < -0.39 is 16.3 Å². The molecule has 12 heteroatoms. The Labute approximate surface area is 182 Å². The summed E-state index contributed by atoms with van der Waals surface area (Å²) < 4.78 is 33.0. The fourth-order valence-corrected chi connectivity index (χ4v) is 5.48. The first-order chi connectivity index (χ1) is 14.8. The van der Waals surface area contributed by atoms with E-state index in [-0.39, 0.29) is 49.4 Å². The monoisotopic (exact) mass is 465 g/mol. The number of carbonyl (C=O) groups excluding carboxylic acids is 1. The van der Waals surface area contributed by atoms with Crippen LogP contribution in [0.1, 0.15) is 22.1 Å². The second-order valence-corrected chi connectivity index (χ2v) is 9.89. The first-order valence-corrected chi connectivity index (χ1v) is 11.6. The van der Waals surface area contributed by atoms with Crippen LogP contribution in [0.2, 0.25) is 5.02 Å². The van der Waals surface area contributed by atoms with Crippen LogP contribution in [0.25, 0.3) is 10.9 Å². The van der Waals surface area contributed by atoms with Crippen LogP contribution in [0.5, 0.6) is 0 Å². The van der Waals surface area contributed by atoms with Gasteiger partial charge in [-0.1, -0.05) is 11.6 Å². The number of aliphatic hydroxyl groups excluding tert-OH is 1. The number of nitrogens with zero attached hydrogens (tertiary/aromatic N) is 3. The van der Waals surface area contributed by atoms with Gasteiger partial charge < -0.3 is 19.4 Å². The molecular formula is C19H20ClN5O5S. The Morgan fingerprint density at radius 1 is 1.23 bits per heavy atom. The molecule has 2 aliphatic rings. The fourth-order valence-electron chi connectivity index (χ4n) is 3.86. The molecule has 0 bridgehead atoms. The molecule has 1 unspecified atom stereocenters. The van der Waals surface area contributed by atoms with Gasteiger partial charge in [-0.25, -0.2) is 13.4 Å². The number of halogens is 1. The van der Waals surface area contributed by atoms with Crippen LogP contribution < -0.4 is 5.32 Å². The minimum Gasteiger partial charge on any atom is -0.436 e. The van der Waals surface area contributed by atoms with Crippen molar-refractivity contribution in [1.82, 2.24) is 24.5 Å². The standard InChI is InChI=1S/C19H20ClN5O5S/c20-12-1-2-13-11(7-12)8-17(22-13)31(28,29)25-5-3-24(4-6-25)19(27)18-23-14-9-16(26)21-10-15(14)30-18/h1-2,7-8,16,21-22,26H,3-6,9-10H2. The van der Waals surface area contributed by atoms with Crippen LogP contribution in [-0.2, 0) is 23.0 Å². The normalized spacial score (nSPS) is 20.2. The summed E-state index contributed by atoms with van der Waals surface area (Å²) in [6, 6.07) is 6.69. The molecule has 164 valence electrons. The van der Waals surface area contributed by atoms with Crippen molar-refractivity contribution in [3.8, 4) is 0 Å². The summed E-state index contributed by atoms with van der Waals surface area (Å²) in [5, 5.41) is 13.8. The first kappa shape index (κ1) is 20.5. The smallest absolute Gasteiger partial charge is 0.309 e. The molecule has 5 rings (SSSR count). The van der Waals surface area contributed by atoms with E-state index in [1.54, 1.807) is 24.3 Å². The van der Waals surface area contributed by atoms with Gasteiger partial charge >= 0.3 is 5.91 Å². The number of fused-ring (bicyclic) bond motifs is 2. The lowest BCUT2D eigenvalue weighted by atomic mass is 10.2. The Kier molecular flexibility index (Phi) is 5.02. The molecule has 1 aromatic carbocycles. The van der Waals surface area contributed by atoms with E-state index in [0.29, 0.717) is 33.9 Å². The number of nitrogens with one attached hydrogen (secondary N) is 2. The molecule has 1 saturated heterocycles. The van der Waals surface area contributed by atoms with Crippen LogP contribution >= 0.6 is 11.6 Å². The quantitative estimate of drug-likeness (QED) is 0.524. The van der Waals surface area contributed by atoms with Gasteiger partial charge in [0.15, 0.2) is 0 Å². The minimum absolute atomic E-state index is 0.0373. The molecule has 2 aromatic heterocycles. The highest BCUT2D eigenvalue weighted by molar-refractivity contribution is 7.89. The molecule has 3 N–H and O–H groups in total. The zero-order valence-corrected chi connectivity index (χ0v) is 17.9. The number of benzene rings is 1. The molecule has 10 nitrogen and oxygen atoms in total. The van der Waals surface area contributed by atoms with Crippen LogP contribution in [-0.4, -0.2) is 71.0 Å². The summed E-state index contributed by atoms with van der Waals surface area (Å²) in [6.07, 6.45) is -0.441. The van der Waals surface area contributed by atoms with Gasteiger partial charge in [0.2, 0.25) is 0 Å². The molecule has 4 heterocycles. The third kappa shape index (κ3) is 3.72. The van der Waals surface area contributed by atoms with E-state index in [4.69, 9.17) is 16.0 Å². The number of hydrogen-bond donors (Lipinski definition) is 3. The number of aliphatic hydroxyl groups is 1. The van der Waals surface area contributed by atoms with Crippen molar-refractivity contribution in [3.63, 3.8) is 0 Å². The van der Waals surface area contributed by atoms with Crippen LogP contribution in [0, 0.1) is 0 Å². The second kappa shape index (κ2) is 7.61. The average Bonchev–Trinajstić information content (AvgIpc) is 3.37. The number of sulfonamides is 1. The highest BCUT2D eigenvalue weighted by atomic mass is 35.5. The van der Waals surface area contributed by atoms with E-state index in [0.717, 1.165) is 0 Å². The van der Waals surface area contributed by atoms with E-state index in [1.807, 2.05) is 0 Å². The Bertz CT molecular complexity index is 1260. The third-order valence-corrected chi connectivity index (χ3v) is 7.60. The Balaban J connectivity index is 1.28. The maximum Gasteiger partial charge on any atom is 0.309 e. The van der Waals surface area contributed by atoms with Crippen molar-refractivity contribution in [2.75, 3.05) is 26.2 Å². The average molecular weight is 466 g/mol. The van der Waals surface area contributed by atoms with Crippen molar-refractivity contribution in [1.29, 1.82) is 0 Å². The lowest BCUT2D eigenvalue weighted by Crippen LogP contribution is -2.50. The fraction of sp³-hybridized carbons (Fsp3) is 0.368. The predicted octanol–water partition coefficient (Wildman–Crippen LogP) is 0.920. The minimum atomic E-state index is -3.74. The summed E-state index contributed by atoms with van der Waals surface area (Å²) in [5.74, 6) is 0.111. The lowest BCUT2D eigenvalue weighted by molar-refractivity contribution is 0.0655. The zero-order valence-electron chi connectivity index (χ0n) is 16.3. The van der Waals surface area contributed by atoms with Crippen LogP contribution in [0.4, 0.5) is 0 Å². The maximum absolute atomic E-state index is 13.0. The van der Waals surface area contributed by atoms with Crippen LogP contribution in [0.15, 0.2) is 33.7 Å². The summed E-state index contributed by atoms with van der Waals surface area (Å²) in [5.41, 5.74) is 1.25. The van der Waals surface area contributed by atoms with Gasteiger partial charge in [-0.05, 0) is 24.3 Å². The van der Waals surface area contributed by atoms with Crippen molar-refractivity contribution >= 4 is 38.4 Å². The van der Waals surface area contributed by atoms with E-state index in [9.17, 15) is 18.3 Å². The van der Waals surface area contributed by atoms with Crippen molar-refractivity contribution < 1.29 is 22.7 Å². The summed E-state index contributed by atoms with van der Waals surface area (Å²) in [4.78, 5) is 21.4. The van der Waals surface area contributed by atoms with E-state index in [1.165, 1.54) is 9.21 Å². The Hall–Kier alpha value is -2.44. The number of hydrogen-bond acceptors (Lipinski definition) is 7. The molecule has 31 heavy (non-hydrogen) atoms. The molecule has 0 saturated carbocycles. The molecule has 1 amide bonds. The molecule has 1 fully saturated rings. The molecule has 0 spiro atoms. The molecule has 2 aliphatic heterocycles. The number of carbonyl (C=O) groups is 1. The van der Waals surface area contributed by atoms with Gasteiger partial charge in [-0.2, -0.15) is 4.31 Å². The third-order valence-electron chi connectivity index (χ3n) is 5.55. The Morgan fingerprint density at radius 3 is 2.77 bits per heavy atom. The lowest BCUT2D eigenvalue weighted by Gasteiger charge is -2.33. The molecule has 1 atom stereocenters. The number of amides is 1. The van der Waals surface area contributed by atoms with Gasteiger partial charge in [-0.3, -0.25) is 10.1 Å². The van der Waals surface area contributed by atoms with Crippen molar-refractivity contribution in [3.05, 3.63) is 46.6 Å². The predicted molar refractivity (Wildman–Crippen MR) is 111 cm³/mol. The van der Waals surface area contributed by atoms with Crippen LogP contribution in [0.3, 0.4) is 0 Å². The molecular weight excluding hydrogens is 446 g/mol. The number of aromatic amines is 1. The number of aromatic nitrogens is 2. The number of H-pyrrole nitrogens is 1. The van der Waals surface area contributed by atoms with Crippen molar-refractivity contribution in [2.24, 2.45) is 0 Å². The number of oxazole rings is 1. The maximum atomic E-state index is 13.0. The van der Waals surface area contributed by atoms with Gasteiger partial charge in [0.1, 0.15) is 17.0 Å². The second-order valence-electron chi connectivity index (χ2n) is 7.55. The van der Waals surface area contributed by atoms with Gasteiger partial charge in [0.25, 0.3) is 15.9 Å². The van der Waals surface area contributed by atoms with E-state index in [2.05, 4.69) is 15.3 Å². The van der Waals surface area contributed by atoms with Gasteiger partial charge in [0.05, 0.1) is 12.2 Å². The molecule has 0 aliphatic carbocycles. The SMILES string of the molecule is O=C(c1nc2c(o1)CNC(O)C2)N1CCN(S(=O)(=O)c2cc3cc(Cl)ccc3[nH]2)CC1. The van der Waals surface area contributed by atoms with Crippen molar-refractivity contribution in [2.45, 2.75) is 24.2 Å². The number of rotatable bonds is 3. The first-order valence-electron chi connectivity index (χ1n) is 9.79. The summed E-state index contributed by atoms with van der Waals surface area (Å²) in [6.45, 7) is 1.06.